The number of aromatic nitrogens is 2. The van der Waals surface area contributed by atoms with Gasteiger partial charge in [-0.2, -0.15) is 4.98 Å². The van der Waals surface area contributed by atoms with Gasteiger partial charge in [-0.15, -0.1) is 0 Å². The summed E-state index contributed by atoms with van der Waals surface area (Å²) in [6.45, 7) is 10.1. The number of halogens is 1. The molecule has 0 spiro atoms. The van der Waals surface area contributed by atoms with E-state index in [2.05, 4.69) is 47.9 Å². The maximum atomic E-state index is 12.9. The SMILES string of the molecule is COc1cc(N2CCC(N3CCNCC3)CC2)c(C2CC2)cc1Nc1ncc(Cl)c(Nc2ccccc2P(C)(C)=O)n1. The Labute approximate surface area is 253 Å². The van der Waals surface area contributed by atoms with Crippen LogP contribution in [0.3, 0.4) is 0 Å². The summed E-state index contributed by atoms with van der Waals surface area (Å²) in [5.74, 6) is 2.17. The largest absolute Gasteiger partial charge is 0.494 e. The molecule has 0 atom stereocenters. The van der Waals surface area contributed by atoms with Gasteiger partial charge in [0, 0.05) is 62.4 Å². The fourth-order valence-electron chi connectivity index (χ4n) is 6.18. The molecule has 3 heterocycles. The van der Waals surface area contributed by atoms with E-state index in [4.69, 9.17) is 16.3 Å². The zero-order valence-corrected chi connectivity index (χ0v) is 26.3. The maximum absolute atomic E-state index is 12.9. The molecule has 11 heteroatoms. The first-order valence-corrected chi connectivity index (χ1v) is 17.9. The number of piperazine rings is 1. The average Bonchev–Trinajstić information content (AvgIpc) is 3.85. The molecule has 3 aliphatic rings. The fourth-order valence-corrected chi connectivity index (χ4v) is 7.47. The summed E-state index contributed by atoms with van der Waals surface area (Å²) in [6.07, 6.45) is 6.37. The lowest BCUT2D eigenvalue weighted by atomic mass is 9.99. The van der Waals surface area contributed by atoms with Crippen molar-refractivity contribution in [3.05, 3.63) is 53.2 Å². The zero-order chi connectivity index (χ0) is 29.3. The van der Waals surface area contributed by atoms with Crippen LogP contribution in [0.5, 0.6) is 5.75 Å². The van der Waals surface area contributed by atoms with E-state index in [1.165, 1.54) is 36.9 Å². The zero-order valence-electron chi connectivity index (χ0n) is 24.7. The molecule has 0 unspecified atom stereocenters. The molecule has 1 saturated carbocycles. The molecule has 2 aliphatic heterocycles. The van der Waals surface area contributed by atoms with E-state index >= 15 is 0 Å². The van der Waals surface area contributed by atoms with Gasteiger partial charge >= 0.3 is 0 Å². The number of rotatable bonds is 9. The van der Waals surface area contributed by atoms with Crippen LogP contribution in [-0.4, -0.2) is 80.6 Å². The highest BCUT2D eigenvalue weighted by Crippen LogP contribution is 2.48. The van der Waals surface area contributed by atoms with Crippen LogP contribution < -0.4 is 30.9 Å². The number of anilines is 5. The highest BCUT2D eigenvalue weighted by Gasteiger charge is 2.32. The van der Waals surface area contributed by atoms with Crippen LogP contribution in [-0.2, 0) is 4.57 Å². The van der Waals surface area contributed by atoms with Crippen LogP contribution >= 0.6 is 18.7 Å². The molecule has 0 bridgehead atoms. The third-order valence-corrected chi connectivity index (χ3v) is 10.4. The smallest absolute Gasteiger partial charge is 0.229 e. The van der Waals surface area contributed by atoms with Crippen LogP contribution in [0, 0.1) is 0 Å². The molecule has 1 aliphatic carbocycles. The second-order valence-corrected chi connectivity index (χ2v) is 15.5. The van der Waals surface area contributed by atoms with Gasteiger partial charge in [-0.3, -0.25) is 4.90 Å². The first-order chi connectivity index (χ1) is 20.3. The molecule has 3 aromatic rings. The number of para-hydroxylation sites is 1. The third-order valence-electron chi connectivity index (χ3n) is 8.57. The van der Waals surface area contributed by atoms with Gasteiger partial charge in [-0.25, -0.2) is 4.98 Å². The number of benzene rings is 2. The summed E-state index contributed by atoms with van der Waals surface area (Å²) < 4.78 is 18.8. The van der Waals surface area contributed by atoms with Crippen molar-refractivity contribution in [2.75, 3.05) is 75.2 Å². The number of piperidine rings is 1. The number of nitrogens with zero attached hydrogens (tertiary/aromatic N) is 4. The lowest BCUT2D eigenvalue weighted by Gasteiger charge is -2.41. The van der Waals surface area contributed by atoms with Crippen LogP contribution in [0.25, 0.3) is 0 Å². The molecule has 3 N–H and O–H groups in total. The van der Waals surface area contributed by atoms with Crippen molar-refractivity contribution in [3.8, 4) is 5.75 Å². The van der Waals surface area contributed by atoms with E-state index in [9.17, 15) is 4.57 Å². The first-order valence-electron chi connectivity index (χ1n) is 14.9. The van der Waals surface area contributed by atoms with Crippen molar-refractivity contribution in [2.45, 2.75) is 37.6 Å². The summed E-state index contributed by atoms with van der Waals surface area (Å²) in [5.41, 5.74) is 4.20. The topological polar surface area (TPSA) is 94.6 Å². The average molecular weight is 610 g/mol. The van der Waals surface area contributed by atoms with Crippen molar-refractivity contribution in [3.63, 3.8) is 0 Å². The van der Waals surface area contributed by atoms with Crippen molar-refractivity contribution in [1.82, 2.24) is 20.2 Å². The van der Waals surface area contributed by atoms with E-state index < -0.39 is 7.14 Å². The second kappa shape index (κ2) is 12.4. The van der Waals surface area contributed by atoms with Gasteiger partial charge in [0.25, 0.3) is 0 Å². The molecule has 0 radical (unpaired) electrons. The fraction of sp³-hybridized carbons (Fsp3) is 0.484. The summed E-state index contributed by atoms with van der Waals surface area (Å²) >= 11 is 6.50. The monoisotopic (exact) mass is 609 g/mol. The summed E-state index contributed by atoms with van der Waals surface area (Å²) in [7, 11) is -0.805. The lowest BCUT2D eigenvalue weighted by Crippen LogP contribution is -2.52. The van der Waals surface area contributed by atoms with Gasteiger partial charge in [0.05, 0.1) is 24.7 Å². The number of methoxy groups -OCH3 is 1. The van der Waals surface area contributed by atoms with Gasteiger partial charge in [-0.05, 0) is 68.7 Å². The minimum Gasteiger partial charge on any atom is -0.494 e. The summed E-state index contributed by atoms with van der Waals surface area (Å²) in [5, 5.41) is 11.3. The second-order valence-electron chi connectivity index (χ2n) is 11.9. The van der Waals surface area contributed by atoms with Crippen molar-refractivity contribution >= 4 is 52.9 Å². The molecular formula is C31H41ClN7O2P. The highest BCUT2D eigenvalue weighted by molar-refractivity contribution is 7.70. The molecular weight excluding hydrogens is 569 g/mol. The standard InChI is InChI=1S/C31H41ClN7O2P/c1-41-28-19-27(39-14-10-22(11-15-39)38-16-12-33-13-17-38)23(21-8-9-21)18-26(28)36-31-34-20-24(32)30(37-31)35-25-6-4-5-7-29(25)42(2,3)40/h4-7,18-22,33H,8-17H2,1-3H3,(H2,34,35,36,37). The van der Waals surface area contributed by atoms with Crippen LogP contribution in [0.4, 0.5) is 28.8 Å². The van der Waals surface area contributed by atoms with Crippen molar-refractivity contribution in [1.29, 1.82) is 0 Å². The van der Waals surface area contributed by atoms with Crippen molar-refractivity contribution in [2.24, 2.45) is 0 Å². The normalized spacial score (nSPS) is 18.6. The highest BCUT2D eigenvalue weighted by atomic mass is 35.5. The molecule has 2 aromatic carbocycles. The lowest BCUT2D eigenvalue weighted by molar-refractivity contribution is 0.150. The Kier molecular flexibility index (Phi) is 8.64. The van der Waals surface area contributed by atoms with E-state index in [-0.39, 0.29) is 0 Å². The Balaban J connectivity index is 1.23. The van der Waals surface area contributed by atoms with E-state index in [0.717, 1.165) is 61.7 Å². The van der Waals surface area contributed by atoms with Gasteiger partial charge < -0.3 is 30.2 Å². The Morgan fingerprint density at radius 3 is 2.43 bits per heavy atom. The molecule has 6 rings (SSSR count). The Morgan fingerprint density at radius 1 is 1.00 bits per heavy atom. The minimum atomic E-state index is -2.51. The van der Waals surface area contributed by atoms with Crippen LogP contribution in [0.2, 0.25) is 5.02 Å². The van der Waals surface area contributed by atoms with Crippen molar-refractivity contribution < 1.29 is 9.30 Å². The van der Waals surface area contributed by atoms with Gasteiger partial charge in [0.2, 0.25) is 5.95 Å². The maximum Gasteiger partial charge on any atom is 0.229 e. The molecule has 9 nitrogen and oxygen atoms in total. The Morgan fingerprint density at radius 2 is 1.74 bits per heavy atom. The number of hydrogen-bond acceptors (Lipinski definition) is 9. The molecule has 1 aromatic heterocycles. The van der Waals surface area contributed by atoms with Crippen LogP contribution in [0.1, 0.15) is 37.2 Å². The van der Waals surface area contributed by atoms with Gasteiger partial charge in [-0.1, -0.05) is 23.7 Å². The Hall–Kier alpha value is -2.84. The quantitative estimate of drug-likeness (QED) is 0.267. The van der Waals surface area contributed by atoms with Crippen LogP contribution in [0.15, 0.2) is 42.6 Å². The summed E-state index contributed by atoms with van der Waals surface area (Å²) in [4.78, 5) is 14.4. The van der Waals surface area contributed by atoms with Gasteiger partial charge in [0.15, 0.2) is 5.82 Å². The molecule has 2 saturated heterocycles. The Bertz CT molecular complexity index is 1460. The molecule has 224 valence electrons. The molecule has 3 fully saturated rings. The predicted molar refractivity (Wildman–Crippen MR) is 174 cm³/mol. The van der Waals surface area contributed by atoms with E-state index in [1.54, 1.807) is 26.6 Å². The number of nitrogens with one attached hydrogen (secondary N) is 3. The van der Waals surface area contributed by atoms with E-state index in [1.807, 2.05) is 24.3 Å². The van der Waals surface area contributed by atoms with Gasteiger partial charge in [0.1, 0.15) is 17.9 Å². The third kappa shape index (κ3) is 6.55. The number of ether oxygens (including phenoxy) is 1. The van der Waals surface area contributed by atoms with E-state index in [0.29, 0.717) is 28.7 Å². The number of hydrogen-bond donors (Lipinski definition) is 3. The molecule has 0 amide bonds. The minimum absolute atomic E-state index is 0.377. The molecule has 42 heavy (non-hydrogen) atoms. The summed E-state index contributed by atoms with van der Waals surface area (Å²) in [6, 6.07) is 12.6. The predicted octanol–water partition coefficient (Wildman–Crippen LogP) is 5.63. The first kappa shape index (κ1) is 29.2.